The highest BCUT2D eigenvalue weighted by molar-refractivity contribution is 6.07. The van der Waals surface area contributed by atoms with Gasteiger partial charge in [-0.25, -0.2) is 9.78 Å². The molecule has 2 saturated heterocycles. The van der Waals surface area contributed by atoms with Crippen LogP contribution in [0.2, 0.25) is 0 Å². The maximum atomic E-state index is 13.0. The first-order chi connectivity index (χ1) is 14.8. The fraction of sp³-hybridized carbons (Fsp3) is 0.391. The van der Waals surface area contributed by atoms with Gasteiger partial charge in [0.25, 0.3) is 11.8 Å². The molecule has 0 radical (unpaired) electrons. The summed E-state index contributed by atoms with van der Waals surface area (Å²) in [5, 5.41) is 8.47. The standard InChI is InChI=1S/C23H27N5O3/c1-14(2)23(21(30)26-22(31)27-23)17-7-5-16(6-8-17)20(29)28-11-10-18(13-28)25-19-9-4-15(3)12-24-19/h4-9,12,14,18H,10-11,13H2,1-3H3,(H,24,25)(H2,26,27,30,31)/t18-,23+/m0/s1. The number of hydrogen-bond donors (Lipinski definition) is 3. The summed E-state index contributed by atoms with van der Waals surface area (Å²) < 4.78 is 0. The highest BCUT2D eigenvalue weighted by Gasteiger charge is 2.50. The van der Waals surface area contributed by atoms with Crippen molar-refractivity contribution in [3.05, 3.63) is 59.3 Å². The number of hydrogen-bond acceptors (Lipinski definition) is 5. The van der Waals surface area contributed by atoms with Crippen molar-refractivity contribution in [2.45, 2.75) is 38.8 Å². The number of urea groups is 1. The van der Waals surface area contributed by atoms with Crippen LogP contribution in [0.3, 0.4) is 0 Å². The minimum atomic E-state index is -1.12. The molecule has 0 aliphatic carbocycles. The molecule has 0 spiro atoms. The summed E-state index contributed by atoms with van der Waals surface area (Å²) in [5.74, 6) is 0.238. The van der Waals surface area contributed by atoms with E-state index in [1.54, 1.807) is 24.3 Å². The van der Waals surface area contributed by atoms with Crippen LogP contribution in [0.5, 0.6) is 0 Å². The summed E-state index contributed by atoms with van der Waals surface area (Å²) >= 11 is 0. The molecular weight excluding hydrogens is 394 g/mol. The number of anilines is 1. The number of nitrogens with one attached hydrogen (secondary N) is 3. The fourth-order valence-electron chi connectivity index (χ4n) is 4.30. The minimum absolute atomic E-state index is 0.0498. The molecule has 0 unspecified atom stereocenters. The number of likely N-dealkylation sites (tertiary alicyclic amines) is 1. The molecular formula is C23H27N5O3. The van der Waals surface area contributed by atoms with Crippen molar-refractivity contribution in [1.29, 1.82) is 0 Å². The molecule has 4 amide bonds. The summed E-state index contributed by atoms with van der Waals surface area (Å²) in [5.41, 5.74) is 1.20. The third-order valence-corrected chi connectivity index (χ3v) is 6.09. The average molecular weight is 422 g/mol. The van der Waals surface area contributed by atoms with Gasteiger partial charge in [-0.2, -0.15) is 0 Å². The summed E-state index contributed by atoms with van der Waals surface area (Å²) in [4.78, 5) is 43.4. The Morgan fingerprint density at radius 1 is 1.19 bits per heavy atom. The van der Waals surface area contributed by atoms with Crippen LogP contribution in [-0.4, -0.2) is 46.9 Å². The molecule has 162 valence electrons. The van der Waals surface area contributed by atoms with Gasteiger partial charge in [0.2, 0.25) is 0 Å². The molecule has 2 fully saturated rings. The van der Waals surface area contributed by atoms with Crippen molar-refractivity contribution in [1.82, 2.24) is 20.5 Å². The molecule has 31 heavy (non-hydrogen) atoms. The lowest BCUT2D eigenvalue weighted by molar-refractivity contribution is -0.125. The predicted molar refractivity (Wildman–Crippen MR) is 117 cm³/mol. The Morgan fingerprint density at radius 3 is 2.52 bits per heavy atom. The zero-order valence-corrected chi connectivity index (χ0v) is 17.9. The Balaban J connectivity index is 1.44. The van der Waals surface area contributed by atoms with E-state index in [0.717, 1.165) is 17.8 Å². The van der Waals surface area contributed by atoms with E-state index in [2.05, 4.69) is 20.9 Å². The molecule has 2 aliphatic heterocycles. The maximum absolute atomic E-state index is 13.0. The minimum Gasteiger partial charge on any atom is -0.365 e. The van der Waals surface area contributed by atoms with Crippen LogP contribution >= 0.6 is 0 Å². The van der Waals surface area contributed by atoms with Gasteiger partial charge in [-0.3, -0.25) is 14.9 Å². The van der Waals surface area contributed by atoms with Crippen molar-refractivity contribution in [2.24, 2.45) is 5.92 Å². The zero-order valence-electron chi connectivity index (χ0n) is 17.9. The predicted octanol–water partition coefficient (Wildman–Crippen LogP) is 2.41. The highest BCUT2D eigenvalue weighted by Crippen LogP contribution is 2.33. The number of amides is 4. The first-order valence-corrected chi connectivity index (χ1v) is 10.5. The van der Waals surface area contributed by atoms with E-state index in [-0.39, 0.29) is 23.8 Å². The van der Waals surface area contributed by atoms with Crippen LogP contribution in [0.25, 0.3) is 0 Å². The third kappa shape index (κ3) is 3.85. The van der Waals surface area contributed by atoms with Gasteiger partial charge < -0.3 is 15.5 Å². The van der Waals surface area contributed by atoms with Crippen molar-refractivity contribution in [3.8, 4) is 0 Å². The van der Waals surface area contributed by atoms with Crippen LogP contribution in [0.1, 0.15) is 41.8 Å². The molecule has 1 aromatic heterocycles. The monoisotopic (exact) mass is 421 g/mol. The van der Waals surface area contributed by atoms with Gasteiger partial charge in [0.1, 0.15) is 11.4 Å². The molecule has 2 aliphatic rings. The second-order valence-corrected chi connectivity index (χ2v) is 8.55. The van der Waals surface area contributed by atoms with Crippen molar-refractivity contribution >= 4 is 23.7 Å². The number of nitrogens with zero attached hydrogens (tertiary/aromatic N) is 2. The topological polar surface area (TPSA) is 103 Å². The molecule has 0 saturated carbocycles. The molecule has 1 aromatic carbocycles. The quantitative estimate of drug-likeness (QED) is 0.644. The third-order valence-electron chi connectivity index (χ3n) is 6.09. The lowest BCUT2D eigenvalue weighted by atomic mass is 9.79. The van der Waals surface area contributed by atoms with E-state index >= 15 is 0 Å². The molecule has 3 heterocycles. The molecule has 3 N–H and O–H groups in total. The Hall–Kier alpha value is -3.42. The second kappa shape index (κ2) is 8.02. The lowest BCUT2D eigenvalue weighted by Crippen LogP contribution is -2.48. The normalized spacial score (nSPS) is 23.1. The SMILES string of the molecule is Cc1ccc(N[C@H]2CCN(C(=O)c3ccc([C@@]4(C(C)C)NC(=O)NC4=O)cc3)C2)nc1. The smallest absolute Gasteiger partial charge is 0.322 e. The van der Waals surface area contributed by atoms with E-state index in [1.165, 1.54) is 0 Å². The van der Waals surface area contributed by atoms with Gasteiger partial charge in [-0.15, -0.1) is 0 Å². The van der Waals surface area contributed by atoms with Gasteiger partial charge in [0, 0.05) is 30.9 Å². The summed E-state index contributed by atoms with van der Waals surface area (Å²) in [6.45, 7) is 7.02. The molecule has 2 aromatic rings. The van der Waals surface area contributed by atoms with Crippen molar-refractivity contribution in [2.75, 3.05) is 18.4 Å². The molecule has 8 nitrogen and oxygen atoms in total. The van der Waals surface area contributed by atoms with E-state index in [1.807, 2.05) is 44.0 Å². The molecule has 0 bridgehead atoms. The van der Waals surface area contributed by atoms with E-state index < -0.39 is 11.6 Å². The Morgan fingerprint density at radius 2 is 1.94 bits per heavy atom. The Kier molecular flexibility index (Phi) is 5.39. The number of imide groups is 1. The number of benzene rings is 1. The largest absolute Gasteiger partial charge is 0.365 e. The molecule has 8 heteroatoms. The Bertz CT molecular complexity index is 1000. The van der Waals surface area contributed by atoms with Gasteiger partial charge in [-0.05, 0) is 48.6 Å². The number of carbonyl (C=O) groups is 3. The van der Waals surface area contributed by atoms with Crippen LogP contribution in [-0.2, 0) is 10.3 Å². The number of pyridine rings is 1. The van der Waals surface area contributed by atoms with E-state index in [9.17, 15) is 14.4 Å². The fourth-order valence-corrected chi connectivity index (χ4v) is 4.30. The molecule has 4 rings (SSSR count). The number of carbonyl (C=O) groups excluding carboxylic acids is 3. The second-order valence-electron chi connectivity index (χ2n) is 8.55. The number of aromatic nitrogens is 1. The van der Waals surface area contributed by atoms with Gasteiger partial charge in [-0.1, -0.05) is 32.0 Å². The van der Waals surface area contributed by atoms with E-state index in [4.69, 9.17) is 0 Å². The first-order valence-electron chi connectivity index (χ1n) is 10.5. The summed E-state index contributed by atoms with van der Waals surface area (Å²) in [6.07, 6.45) is 2.67. The average Bonchev–Trinajstić information content (AvgIpc) is 3.33. The van der Waals surface area contributed by atoms with Crippen LogP contribution < -0.4 is 16.0 Å². The zero-order chi connectivity index (χ0) is 22.2. The van der Waals surface area contributed by atoms with Gasteiger partial charge in [0.05, 0.1) is 0 Å². The first kappa shape index (κ1) is 20.8. The highest BCUT2D eigenvalue weighted by atomic mass is 16.2. The Labute approximate surface area is 181 Å². The van der Waals surface area contributed by atoms with E-state index in [0.29, 0.717) is 24.2 Å². The maximum Gasteiger partial charge on any atom is 0.322 e. The number of rotatable bonds is 5. The van der Waals surface area contributed by atoms with Crippen molar-refractivity contribution < 1.29 is 14.4 Å². The lowest BCUT2D eigenvalue weighted by Gasteiger charge is -2.30. The molecule has 2 atom stereocenters. The van der Waals surface area contributed by atoms with Gasteiger partial charge >= 0.3 is 6.03 Å². The summed E-state index contributed by atoms with van der Waals surface area (Å²) in [6, 6.07) is 10.6. The number of aryl methyl sites for hydroxylation is 1. The van der Waals surface area contributed by atoms with Crippen LogP contribution in [0.4, 0.5) is 10.6 Å². The summed E-state index contributed by atoms with van der Waals surface area (Å²) in [7, 11) is 0. The van der Waals surface area contributed by atoms with Crippen LogP contribution in [0.15, 0.2) is 42.6 Å². The van der Waals surface area contributed by atoms with Gasteiger partial charge in [0.15, 0.2) is 0 Å². The van der Waals surface area contributed by atoms with Crippen LogP contribution in [0, 0.1) is 12.8 Å². The van der Waals surface area contributed by atoms with Crippen molar-refractivity contribution in [3.63, 3.8) is 0 Å².